The molecule has 6 nitrogen and oxygen atoms in total. The van der Waals surface area contributed by atoms with Crippen LogP contribution in [0.2, 0.25) is 0 Å². The molecule has 0 aliphatic carbocycles. The molecule has 0 aliphatic heterocycles. The zero-order chi connectivity index (χ0) is 25.2. The molecule has 2 aromatic rings. The molecule has 0 N–H and O–H groups in total. The highest BCUT2D eigenvalue weighted by Crippen LogP contribution is 2.25. The van der Waals surface area contributed by atoms with Crippen molar-refractivity contribution in [3.05, 3.63) is 85.0 Å². The van der Waals surface area contributed by atoms with E-state index in [2.05, 4.69) is 13.2 Å². The number of hydrogen-bond donors (Lipinski definition) is 0. The normalized spacial score (nSPS) is 13.8. The SMILES string of the molecule is C=C[C@H](CCCOS(=O)(=O)c1ccc(C)cc1)[C@@H](C=C)CCCOS(=O)(=O)c1ccc(C)cc1. The molecule has 0 fully saturated rings. The fourth-order valence-electron chi connectivity index (χ4n) is 3.53. The maximum Gasteiger partial charge on any atom is 0.296 e. The molecule has 0 aromatic heterocycles. The van der Waals surface area contributed by atoms with E-state index in [1.54, 1.807) is 24.3 Å². The van der Waals surface area contributed by atoms with Gasteiger partial charge in [-0.1, -0.05) is 47.5 Å². The lowest BCUT2D eigenvalue weighted by atomic mass is 9.85. The highest BCUT2D eigenvalue weighted by atomic mass is 32.2. The standard InChI is InChI=1S/C26H34O6S2/c1-5-23(9-7-19-31-33(27,28)25-15-11-21(3)12-16-25)24(6-2)10-8-20-32-34(29,30)26-17-13-22(4)14-18-26/h5-6,11-18,23-24H,1-2,7-10,19-20H2,3-4H3/t23-,24+. The third-order valence-electron chi connectivity index (χ3n) is 5.62. The number of hydrogen-bond acceptors (Lipinski definition) is 6. The third-order valence-corrected chi connectivity index (χ3v) is 8.27. The fourth-order valence-corrected chi connectivity index (χ4v) is 5.42. The molecule has 34 heavy (non-hydrogen) atoms. The van der Waals surface area contributed by atoms with Crippen molar-refractivity contribution in [1.29, 1.82) is 0 Å². The Morgan fingerprint density at radius 1 is 0.676 bits per heavy atom. The van der Waals surface area contributed by atoms with Crippen molar-refractivity contribution in [2.75, 3.05) is 13.2 Å². The monoisotopic (exact) mass is 506 g/mol. The number of aryl methyl sites for hydroxylation is 2. The molecule has 8 heteroatoms. The van der Waals surface area contributed by atoms with Gasteiger partial charge in [-0.25, -0.2) is 0 Å². The van der Waals surface area contributed by atoms with E-state index >= 15 is 0 Å². The van der Waals surface area contributed by atoms with Crippen LogP contribution in [0.4, 0.5) is 0 Å². The third kappa shape index (κ3) is 8.51. The van der Waals surface area contributed by atoms with Crippen LogP contribution >= 0.6 is 0 Å². The average Bonchev–Trinajstić information content (AvgIpc) is 2.80. The first-order valence-electron chi connectivity index (χ1n) is 11.3. The summed E-state index contributed by atoms with van der Waals surface area (Å²) in [4.78, 5) is 0.283. The summed E-state index contributed by atoms with van der Waals surface area (Å²) >= 11 is 0. The zero-order valence-electron chi connectivity index (χ0n) is 19.9. The van der Waals surface area contributed by atoms with Crippen LogP contribution in [0.25, 0.3) is 0 Å². The van der Waals surface area contributed by atoms with Gasteiger partial charge in [0.25, 0.3) is 20.2 Å². The van der Waals surface area contributed by atoms with Crippen LogP contribution in [0.1, 0.15) is 36.8 Å². The van der Waals surface area contributed by atoms with Gasteiger partial charge in [0.05, 0.1) is 23.0 Å². The van der Waals surface area contributed by atoms with Gasteiger partial charge in [0.2, 0.25) is 0 Å². The van der Waals surface area contributed by atoms with E-state index in [0.717, 1.165) is 11.1 Å². The Bertz CT molecular complexity index is 1040. The first-order valence-corrected chi connectivity index (χ1v) is 14.1. The van der Waals surface area contributed by atoms with Crippen molar-refractivity contribution in [3.8, 4) is 0 Å². The molecule has 2 atom stereocenters. The maximum absolute atomic E-state index is 12.3. The van der Waals surface area contributed by atoms with Gasteiger partial charge in [-0.3, -0.25) is 8.37 Å². The van der Waals surface area contributed by atoms with Gasteiger partial charge >= 0.3 is 0 Å². The lowest BCUT2D eigenvalue weighted by Crippen LogP contribution is -2.14. The average molecular weight is 507 g/mol. The van der Waals surface area contributed by atoms with E-state index < -0.39 is 20.2 Å². The van der Waals surface area contributed by atoms with Gasteiger partial charge in [-0.15, -0.1) is 13.2 Å². The molecule has 0 amide bonds. The highest BCUT2D eigenvalue weighted by molar-refractivity contribution is 7.87. The highest BCUT2D eigenvalue weighted by Gasteiger charge is 2.19. The van der Waals surface area contributed by atoms with Crippen molar-refractivity contribution >= 4 is 20.2 Å². The van der Waals surface area contributed by atoms with Gasteiger partial charge in [-0.05, 0) is 75.6 Å². The topological polar surface area (TPSA) is 86.7 Å². The Labute approximate surface area is 204 Å². The van der Waals surface area contributed by atoms with Gasteiger partial charge in [0.15, 0.2) is 0 Å². The Balaban J connectivity index is 1.78. The molecule has 186 valence electrons. The molecule has 0 saturated heterocycles. The second kappa shape index (κ2) is 13.0. The van der Waals surface area contributed by atoms with Gasteiger partial charge < -0.3 is 0 Å². The van der Waals surface area contributed by atoms with E-state index in [1.165, 1.54) is 24.3 Å². The summed E-state index contributed by atoms with van der Waals surface area (Å²) in [5.41, 5.74) is 1.95. The molecule has 2 aromatic carbocycles. The predicted molar refractivity (Wildman–Crippen MR) is 134 cm³/mol. The smallest absolute Gasteiger partial charge is 0.266 e. The summed E-state index contributed by atoms with van der Waals surface area (Å²) in [6.45, 7) is 11.7. The second-order valence-corrected chi connectivity index (χ2v) is 11.5. The lowest BCUT2D eigenvalue weighted by Gasteiger charge is -2.21. The van der Waals surface area contributed by atoms with Crippen molar-refractivity contribution < 1.29 is 25.2 Å². The van der Waals surface area contributed by atoms with Crippen LogP contribution in [0, 0.1) is 25.7 Å². The van der Waals surface area contributed by atoms with Crippen molar-refractivity contribution in [3.63, 3.8) is 0 Å². The molecule has 0 bridgehead atoms. The van der Waals surface area contributed by atoms with Crippen molar-refractivity contribution in [2.45, 2.75) is 49.3 Å². The van der Waals surface area contributed by atoms with Gasteiger partial charge in [0.1, 0.15) is 0 Å². The quantitative estimate of drug-likeness (QED) is 0.178. The van der Waals surface area contributed by atoms with Gasteiger partial charge in [0, 0.05) is 0 Å². The Kier molecular flexibility index (Phi) is 10.7. The van der Waals surface area contributed by atoms with Crippen LogP contribution in [-0.4, -0.2) is 30.0 Å². The summed E-state index contributed by atoms with van der Waals surface area (Å²) in [5, 5.41) is 0. The van der Waals surface area contributed by atoms with E-state index in [-0.39, 0.29) is 34.8 Å². The van der Waals surface area contributed by atoms with Crippen LogP contribution < -0.4 is 0 Å². The molecule has 0 aliphatic rings. The summed E-state index contributed by atoms with van der Waals surface area (Å²) in [6, 6.07) is 13.1. The number of rotatable bonds is 15. The van der Waals surface area contributed by atoms with E-state index in [4.69, 9.17) is 8.37 Å². The van der Waals surface area contributed by atoms with Crippen LogP contribution in [0.3, 0.4) is 0 Å². The number of allylic oxidation sites excluding steroid dienone is 2. The van der Waals surface area contributed by atoms with E-state index in [1.807, 2.05) is 26.0 Å². The minimum Gasteiger partial charge on any atom is -0.266 e. The predicted octanol–water partition coefficient (Wildman–Crippen LogP) is 5.58. The minimum atomic E-state index is -3.78. The first kappa shape index (κ1) is 28.0. The lowest BCUT2D eigenvalue weighted by molar-refractivity contribution is 0.274. The molecule has 0 unspecified atom stereocenters. The molecular formula is C26H34O6S2. The summed E-state index contributed by atoms with van der Waals surface area (Å²) < 4.78 is 59.6. The zero-order valence-corrected chi connectivity index (χ0v) is 21.5. The molecular weight excluding hydrogens is 472 g/mol. The second-order valence-electron chi connectivity index (χ2n) is 8.26. The summed E-state index contributed by atoms with van der Waals surface area (Å²) in [7, 11) is -7.57. The minimum absolute atomic E-state index is 0.0666. The Morgan fingerprint density at radius 3 is 1.29 bits per heavy atom. The molecule has 0 saturated carbocycles. The molecule has 0 spiro atoms. The fraction of sp³-hybridized carbons (Fsp3) is 0.385. The van der Waals surface area contributed by atoms with Crippen molar-refractivity contribution in [2.24, 2.45) is 11.8 Å². The van der Waals surface area contributed by atoms with Crippen LogP contribution in [0.15, 0.2) is 83.6 Å². The largest absolute Gasteiger partial charge is 0.296 e. The molecule has 0 radical (unpaired) electrons. The van der Waals surface area contributed by atoms with Crippen LogP contribution in [0.5, 0.6) is 0 Å². The van der Waals surface area contributed by atoms with Crippen LogP contribution in [-0.2, 0) is 28.6 Å². The van der Waals surface area contributed by atoms with Gasteiger partial charge in [-0.2, -0.15) is 16.8 Å². The first-order chi connectivity index (χ1) is 16.1. The Hall–Kier alpha value is -2.26. The maximum atomic E-state index is 12.3. The molecule has 0 heterocycles. The van der Waals surface area contributed by atoms with E-state index in [0.29, 0.717) is 25.7 Å². The molecule has 2 rings (SSSR count). The van der Waals surface area contributed by atoms with E-state index in [9.17, 15) is 16.8 Å². The summed E-state index contributed by atoms with van der Waals surface area (Å²) in [6.07, 6.45) is 6.06. The van der Waals surface area contributed by atoms with Crippen molar-refractivity contribution in [1.82, 2.24) is 0 Å². The summed E-state index contributed by atoms with van der Waals surface area (Å²) in [5.74, 6) is 0.133. The number of benzene rings is 2. The Morgan fingerprint density at radius 2 is 1.00 bits per heavy atom.